The van der Waals surface area contributed by atoms with E-state index in [4.69, 9.17) is 16.3 Å². The number of benzene rings is 3. The Kier molecular flexibility index (Phi) is 11.6. The number of tetrazole rings is 1. The summed E-state index contributed by atoms with van der Waals surface area (Å²) in [7, 11) is 1.23. The molecule has 0 aliphatic carbocycles. The van der Waals surface area contributed by atoms with Crippen molar-refractivity contribution in [2.75, 3.05) is 44.0 Å². The van der Waals surface area contributed by atoms with Gasteiger partial charge in [-0.3, -0.25) is 24.5 Å². The first-order chi connectivity index (χ1) is 26.1. The Morgan fingerprint density at radius 2 is 1.78 bits per heavy atom. The third-order valence-corrected chi connectivity index (χ3v) is 9.49. The van der Waals surface area contributed by atoms with Gasteiger partial charge in [-0.05, 0) is 96.3 Å². The summed E-state index contributed by atoms with van der Waals surface area (Å²) in [6.45, 7) is 2.66. The first kappa shape index (κ1) is 37.6. The number of likely N-dealkylation sites (tertiary alicyclic amines) is 1. The van der Waals surface area contributed by atoms with Gasteiger partial charge < -0.3 is 24.6 Å². The van der Waals surface area contributed by atoms with E-state index in [0.29, 0.717) is 47.5 Å². The molecule has 17 heteroatoms. The van der Waals surface area contributed by atoms with Gasteiger partial charge in [-0.25, -0.2) is 9.18 Å². The van der Waals surface area contributed by atoms with Gasteiger partial charge in [-0.15, -0.1) is 5.10 Å². The molecule has 0 bridgehead atoms. The van der Waals surface area contributed by atoms with Crippen molar-refractivity contribution in [2.24, 2.45) is 5.92 Å². The van der Waals surface area contributed by atoms with Crippen LogP contribution in [0.25, 0.3) is 11.8 Å². The second-order valence-corrected chi connectivity index (χ2v) is 12.9. The van der Waals surface area contributed by atoms with E-state index in [2.05, 4.69) is 30.9 Å². The number of halogens is 2. The molecule has 2 atom stereocenters. The van der Waals surface area contributed by atoms with Crippen LogP contribution in [0.15, 0.2) is 67.0 Å². The summed E-state index contributed by atoms with van der Waals surface area (Å²) in [5, 5.41) is 16.2. The zero-order chi connectivity index (χ0) is 38.4. The van der Waals surface area contributed by atoms with Gasteiger partial charge >= 0.3 is 12.1 Å². The number of amides is 4. The van der Waals surface area contributed by atoms with Gasteiger partial charge in [0.2, 0.25) is 5.91 Å². The predicted octanol–water partition coefficient (Wildman–Crippen LogP) is 4.83. The Balaban J connectivity index is 1.33. The van der Waals surface area contributed by atoms with Crippen LogP contribution < -0.4 is 10.6 Å². The molecular formula is C37H36ClFN8O7. The van der Waals surface area contributed by atoms with Crippen LogP contribution >= 0.6 is 11.6 Å². The van der Waals surface area contributed by atoms with Crippen LogP contribution in [0.2, 0.25) is 5.02 Å². The molecule has 6 rings (SSSR count). The van der Waals surface area contributed by atoms with E-state index in [1.165, 1.54) is 41.2 Å². The number of piperidine rings is 1. The summed E-state index contributed by atoms with van der Waals surface area (Å²) in [4.78, 5) is 69.4. The molecule has 0 radical (unpaired) electrons. The summed E-state index contributed by atoms with van der Waals surface area (Å²) in [5.74, 6) is -3.09. The lowest BCUT2D eigenvalue weighted by molar-refractivity contribution is -0.149. The number of hydrogen-bond donors (Lipinski definition) is 2. The van der Waals surface area contributed by atoms with Crippen molar-refractivity contribution in [3.63, 3.8) is 0 Å². The average Bonchev–Trinajstić information content (AvgIpc) is 3.73. The molecule has 4 aromatic rings. The van der Waals surface area contributed by atoms with E-state index < -0.39 is 35.7 Å². The summed E-state index contributed by atoms with van der Waals surface area (Å²) in [5.41, 5.74) is 2.33. The fourth-order valence-electron chi connectivity index (χ4n) is 6.63. The van der Waals surface area contributed by atoms with Crippen LogP contribution in [0, 0.1) is 11.7 Å². The van der Waals surface area contributed by atoms with E-state index in [0.717, 1.165) is 6.08 Å². The Bertz CT molecular complexity index is 2090. The number of carbonyl (C=O) groups is 5. The standard InChI is InChI=1S/C37H36ClFN8O7/c1-3-54-36(51)22-6-5-18-45(20-22)35(50)27-8-4-7-26-25(27)17-19-46(33(26)34(49)41-23-9-11-24(12-10-23)42-37(52)53-2)31(48)16-13-28-30(47-21-40-43-44-47)15-14-29(38)32(28)39/h4,7-16,21-22,33H,3,5-6,17-20H2,1-2H3,(H,41,49)(H,42,52)/b16-13+/t22-,33?/m0/s1. The molecular weight excluding hydrogens is 723 g/mol. The highest BCUT2D eigenvalue weighted by molar-refractivity contribution is 6.31. The molecule has 0 spiro atoms. The number of nitrogens with one attached hydrogen (secondary N) is 2. The fourth-order valence-corrected chi connectivity index (χ4v) is 6.79. The maximum absolute atomic E-state index is 15.3. The number of methoxy groups -OCH3 is 1. The maximum atomic E-state index is 15.3. The lowest BCUT2D eigenvalue weighted by Crippen LogP contribution is -2.46. The summed E-state index contributed by atoms with van der Waals surface area (Å²) >= 11 is 6.09. The Morgan fingerprint density at radius 3 is 2.48 bits per heavy atom. The molecule has 280 valence electrons. The number of aromatic nitrogens is 4. The monoisotopic (exact) mass is 758 g/mol. The van der Waals surface area contributed by atoms with Crippen molar-refractivity contribution < 1.29 is 37.8 Å². The third kappa shape index (κ3) is 8.07. The van der Waals surface area contributed by atoms with Crippen molar-refractivity contribution in [3.8, 4) is 5.69 Å². The fraction of sp³-hybridized carbons (Fsp3) is 0.297. The Hall–Kier alpha value is -6.16. The van der Waals surface area contributed by atoms with Crippen LogP contribution in [-0.2, 0) is 30.3 Å². The molecule has 0 saturated carbocycles. The van der Waals surface area contributed by atoms with Crippen LogP contribution in [0.4, 0.5) is 20.6 Å². The highest BCUT2D eigenvalue weighted by atomic mass is 35.5. The van der Waals surface area contributed by atoms with Crippen molar-refractivity contribution in [1.82, 2.24) is 30.0 Å². The number of fused-ring (bicyclic) bond motifs is 1. The van der Waals surface area contributed by atoms with E-state index in [1.807, 2.05) is 0 Å². The number of nitrogens with zero attached hydrogens (tertiary/aromatic N) is 6. The zero-order valence-corrected chi connectivity index (χ0v) is 30.1. The van der Waals surface area contributed by atoms with E-state index in [-0.39, 0.29) is 54.3 Å². The molecule has 1 aromatic heterocycles. The number of rotatable bonds is 9. The van der Waals surface area contributed by atoms with Crippen molar-refractivity contribution in [2.45, 2.75) is 32.2 Å². The molecule has 3 heterocycles. The molecule has 15 nitrogen and oxygen atoms in total. The minimum atomic E-state index is -1.22. The van der Waals surface area contributed by atoms with Crippen molar-refractivity contribution in [3.05, 3.63) is 100 Å². The topological polar surface area (TPSA) is 178 Å². The molecule has 2 aliphatic heterocycles. The molecule has 3 aromatic carbocycles. The second-order valence-electron chi connectivity index (χ2n) is 12.5. The summed E-state index contributed by atoms with van der Waals surface area (Å²) in [6, 6.07) is 12.9. The SMILES string of the molecule is CCOC(=O)[C@H]1CCCN(C(=O)c2cccc3c2CCN(C(=O)/C=C/c2c(-n4cnnn4)ccc(Cl)c2F)C3C(=O)Nc2ccc(NC(=O)OC)cc2)C1. The minimum Gasteiger partial charge on any atom is -0.466 e. The number of hydrogen-bond acceptors (Lipinski definition) is 10. The highest BCUT2D eigenvalue weighted by Crippen LogP contribution is 2.35. The second kappa shape index (κ2) is 16.7. The summed E-state index contributed by atoms with van der Waals surface area (Å²) in [6.07, 6.45) is 4.45. The van der Waals surface area contributed by atoms with Gasteiger partial charge in [0.15, 0.2) is 5.82 Å². The first-order valence-electron chi connectivity index (χ1n) is 17.1. The molecule has 1 unspecified atom stereocenters. The molecule has 1 saturated heterocycles. The molecule has 1 fully saturated rings. The van der Waals surface area contributed by atoms with Crippen molar-refractivity contribution >= 4 is 58.8 Å². The van der Waals surface area contributed by atoms with E-state index >= 15 is 4.39 Å². The molecule has 2 aliphatic rings. The van der Waals surface area contributed by atoms with Crippen LogP contribution in [-0.4, -0.2) is 93.1 Å². The smallest absolute Gasteiger partial charge is 0.411 e. The van der Waals surface area contributed by atoms with Crippen LogP contribution in [0.1, 0.15) is 52.9 Å². The number of ether oxygens (including phenoxy) is 2. The molecule has 54 heavy (non-hydrogen) atoms. The van der Waals surface area contributed by atoms with Crippen molar-refractivity contribution in [1.29, 1.82) is 0 Å². The predicted molar refractivity (Wildman–Crippen MR) is 194 cm³/mol. The normalized spacial score (nSPS) is 16.7. The minimum absolute atomic E-state index is 0.0316. The van der Waals surface area contributed by atoms with Gasteiger partial charge in [-0.2, -0.15) is 4.68 Å². The number of carbonyl (C=O) groups excluding carboxylic acids is 5. The lowest BCUT2D eigenvalue weighted by Gasteiger charge is -2.37. The molecule has 2 N–H and O–H groups in total. The van der Waals surface area contributed by atoms with Gasteiger partial charge in [0.05, 0.1) is 30.3 Å². The lowest BCUT2D eigenvalue weighted by atomic mass is 9.87. The van der Waals surface area contributed by atoms with Crippen LogP contribution in [0.3, 0.4) is 0 Å². The number of esters is 1. The highest BCUT2D eigenvalue weighted by Gasteiger charge is 2.38. The molecule has 4 amide bonds. The summed E-state index contributed by atoms with van der Waals surface area (Å²) < 4.78 is 26.4. The third-order valence-electron chi connectivity index (χ3n) is 9.19. The maximum Gasteiger partial charge on any atom is 0.411 e. The van der Waals surface area contributed by atoms with E-state index in [1.54, 1.807) is 54.3 Å². The van der Waals surface area contributed by atoms with Gasteiger partial charge in [0.25, 0.3) is 11.8 Å². The Morgan fingerprint density at radius 1 is 1.02 bits per heavy atom. The first-order valence-corrected chi connectivity index (χ1v) is 17.5. The van der Waals surface area contributed by atoms with Crippen LogP contribution in [0.5, 0.6) is 0 Å². The van der Waals surface area contributed by atoms with E-state index in [9.17, 15) is 24.0 Å². The van der Waals surface area contributed by atoms with Gasteiger partial charge in [0.1, 0.15) is 12.4 Å². The Labute approximate surface area is 314 Å². The zero-order valence-electron chi connectivity index (χ0n) is 29.3. The number of anilines is 2. The largest absolute Gasteiger partial charge is 0.466 e. The van der Waals surface area contributed by atoms with Gasteiger partial charge in [-0.1, -0.05) is 23.7 Å². The quantitative estimate of drug-likeness (QED) is 0.178. The average molecular weight is 759 g/mol. The van der Waals surface area contributed by atoms with Gasteiger partial charge in [0, 0.05) is 48.2 Å².